The molecule has 0 saturated heterocycles. The minimum Gasteiger partial charge on any atom is -0.271 e. The Balaban J connectivity index is 2.45. The number of alkyl halides is 2. The van der Waals surface area contributed by atoms with Crippen LogP contribution < -0.4 is 0 Å². The normalized spacial score (nSPS) is 11.9. The van der Waals surface area contributed by atoms with Crippen molar-refractivity contribution in [1.29, 1.82) is 0 Å². The van der Waals surface area contributed by atoms with Crippen LogP contribution in [0.4, 0.5) is 0 Å². The lowest BCUT2D eigenvalue weighted by molar-refractivity contribution is 0.511. The molecular weight excluding hydrogens is 327 g/mol. The minimum atomic E-state index is -0.347. The van der Waals surface area contributed by atoms with Crippen LogP contribution in [0.15, 0.2) is 24.3 Å². The predicted molar refractivity (Wildman–Crippen MR) is 91.0 cm³/mol. The van der Waals surface area contributed by atoms with Crippen LogP contribution in [0.5, 0.6) is 0 Å². The van der Waals surface area contributed by atoms with E-state index >= 15 is 0 Å². The summed E-state index contributed by atoms with van der Waals surface area (Å²) >= 11 is 19.0. The van der Waals surface area contributed by atoms with E-state index in [2.05, 4.69) is 36.3 Å². The van der Waals surface area contributed by atoms with E-state index in [1.807, 2.05) is 18.7 Å². The van der Waals surface area contributed by atoms with E-state index in [4.69, 9.17) is 34.8 Å². The summed E-state index contributed by atoms with van der Waals surface area (Å²) in [5.41, 5.74) is 3.80. The van der Waals surface area contributed by atoms with Gasteiger partial charge in [-0.1, -0.05) is 41.4 Å². The molecule has 2 rings (SSSR count). The van der Waals surface area contributed by atoms with Crippen molar-refractivity contribution < 1.29 is 0 Å². The summed E-state index contributed by atoms with van der Waals surface area (Å²) in [5.74, 6) is 0.861. The number of hydrogen-bond acceptors (Lipinski definition) is 1. The van der Waals surface area contributed by atoms with Crippen LogP contribution in [0.25, 0.3) is 0 Å². The molecule has 0 bridgehead atoms. The van der Waals surface area contributed by atoms with Crippen LogP contribution in [0.3, 0.4) is 0 Å². The number of benzene rings is 1. The molecule has 0 radical (unpaired) electrons. The fourth-order valence-electron chi connectivity index (χ4n) is 2.49. The average Bonchev–Trinajstić information content (AvgIpc) is 2.72. The van der Waals surface area contributed by atoms with Crippen molar-refractivity contribution in [3.63, 3.8) is 0 Å². The van der Waals surface area contributed by atoms with Crippen LogP contribution in [-0.2, 0) is 18.9 Å². The Labute approximate surface area is 141 Å². The molecule has 0 aliphatic rings. The van der Waals surface area contributed by atoms with E-state index in [-0.39, 0.29) is 5.41 Å². The van der Waals surface area contributed by atoms with Gasteiger partial charge in [0.25, 0.3) is 0 Å². The standard InChI is InChI=1S/C16H19Cl3N2/c1-11-4-6-13(7-5-11)16(9-17,10-18)8-14-15(19)12(2)20-21(14)3/h4-7H,8-10H2,1-3H3. The Morgan fingerprint density at radius 3 is 2.10 bits per heavy atom. The zero-order valence-electron chi connectivity index (χ0n) is 12.5. The zero-order chi connectivity index (χ0) is 15.6. The summed E-state index contributed by atoms with van der Waals surface area (Å²) in [7, 11) is 1.90. The average molecular weight is 346 g/mol. The second-order valence-corrected chi connectivity index (χ2v) is 6.47. The molecule has 1 heterocycles. The van der Waals surface area contributed by atoms with Gasteiger partial charge >= 0.3 is 0 Å². The van der Waals surface area contributed by atoms with Crippen molar-refractivity contribution in [2.75, 3.05) is 11.8 Å². The van der Waals surface area contributed by atoms with E-state index in [1.54, 1.807) is 0 Å². The van der Waals surface area contributed by atoms with E-state index < -0.39 is 0 Å². The fraction of sp³-hybridized carbons (Fsp3) is 0.438. The number of nitrogens with zero attached hydrogens (tertiary/aromatic N) is 2. The molecule has 0 spiro atoms. The van der Waals surface area contributed by atoms with Crippen molar-refractivity contribution in [3.8, 4) is 0 Å². The lowest BCUT2D eigenvalue weighted by Gasteiger charge is -2.30. The molecule has 0 N–H and O–H groups in total. The van der Waals surface area contributed by atoms with Crippen LogP contribution in [0.1, 0.15) is 22.5 Å². The largest absolute Gasteiger partial charge is 0.271 e. The summed E-state index contributed by atoms with van der Waals surface area (Å²) in [6.07, 6.45) is 0.666. The molecule has 0 atom stereocenters. The topological polar surface area (TPSA) is 17.8 Å². The molecule has 1 aromatic carbocycles. The molecule has 5 heteroatoms. The van der Waals surface area contributed by atoms with Crippen molar-refractivity contribution in [1.82, 2.24) is 9.78 Å². The molecule has 0 aliphatic carbocycles. The maximum Gasteiger partial charge on any atom is 0.0847 e. The molecule has 114 valence electrons. The second kappa shape index (κ2) is 6.60. The van der Waals surface area contributed by atoms with Crippen LogP contribution in [-0.4, -0.2) is 21.5 Å². The predicted octanol–water partition coefficient (Wildman–Crippen LogP) is 4.65. The summed E-state index contributed by atoms with van der Waals surface area (Å²) in [4.78, 5) is 0. The van der Waals surface area contributed by atoms with Gasteiger partial charge < -0.3 is 0 Å². The molecule has 0 unspecified atom stereocenters. The smallest absolute Gasteiger partial charge is 0.0847 e. The highest BCUT2D eigenvalue weighted by atomic mass is 35.5. The Kier molecular flexibility index (Phi) is 5.24. The maximum atomic E-state index is 6.38. The van der Waals surface area contributed by atoms with Gasteiger partial charge in [-0.2, -0.15) is 5.10 Å². The number of hydrogen-bond donors (Lipinski definition) is 0. The summed E-state index contributed by atoms with van der Waals surface area (Å²) in [6.45, 7) is 3.97. The molecule has 2 aromatic rings. The van der Waals surface area contributed by atoms with E-state index in [9.17, 15) is 0 Å². The summed E-state index contributed by atoms with van der Waals surface area (Å²) in [5, 5.41) is 5.07. The van der Waals surface area contributed by atoms with Gasteiger partial charge in [-0.3, -0.25) is 4.68 Å². The monoisotopic (exact) mass is 344 g/mol. The van der Waals surface area contributed by atoms with E-state index in [0.717, 1.165) is 17.0 Å². The van der Waals surface area contributed by atoms with Gasteiger partial charge in [0.2, 0.25) is 0 Å². The molecular formula is C16H19Cl3N2. The Morgan fingerprint density at radius 1 is 1.10 bits per heavy atom. The summed E-state index contributed by atoms with van der Waals surface area (Å²) < 4.78 is 1.82. The molecule has 0 aliphatic heterocycles. The highest BCUT2D eigenvalue weighted by Gasteiger charge is 2.33. The van der Waals surface area contributed by atoms with E-state index in [0.29, 0.717) is 23.2 Å². The van der Waals surface area contributed by atoms with Gasteiger partial charge in [0.05, 0.1) is 16.4 Å². The van der Waals surface area contributed by atoms with Gasteiger partial charge in [0.1, 0.15) is 0 Å². The first-order chi connectivity index (χ1) is 9.93. The molecule has 1 aromatic heterocycles. The van der Waals surface area contributed by atoms with Crippen molar-refractivity contribution in [2.45, 2.75) is 25.7 Å². The Bertz CT molecular complexity index is 613. The highest BCUT2D eigenvalue weighted by molar-refractivity contribution is 6.32. The SMILES string of the molecule is Cc1ccc(C(CCl)(CCl)Cc2c(Cl)c(C)nn2C)cc1. The van der Waals surface area contributed by atoms with Crippen LogP contribution in [0, 0.1) is 13.8 Å². The van der Waals surface area contributed by atoms with Gasteiger partial charge in [-0.25, -0.2) is 0 Å². The number of halogens is 3. The van der Waals surface area contributed by atoms with Crippen molar-refractivity contribution >= 4 is 34.8 Å². The molecule has 0 fully saturated rings. The third kappa shape index (κ3) is 3.23. The maximum absolute atomic E-state index is 6.38. The fourth-order valence-corrected chi connectivity index (χ4v) is 3.50. The molecule has 2 nitrogen and oxygen atoms in total. The first-order valence-corrected chi connectivity index (χ1v) is 8.25. The Hall–Kier alpha value is -0.700. The molecule has 0 saturated carbocycles. The lowest BCUT2D eigenvalue weighted by Crippen LogP contribution is -2.34. The van der Waals surface area contributed by atoms with Crippen LogP contribution in [0.2, 0.25) is 5.02 Å². The third-order valence-electron chi connectivity index (χ3n) is 3.94. The summed E-state index contributed by atoms with van der Waals surface area (Å²) in [6, 6.07) is 8.35. The highest BCUT2D eigenvalue weighted by Crippen LogP contribution is 2.34. The quantitative estimate of drug-likeness (QED) is 0.721. The van der Waals surface area contributed by atoms with Crippen molar-refractivity contribution in [2.24, 2.45) is 7.05 Å². The van der Waals surface area contributed by atoms with Gasteiger partial charge in [-0.15, -0.1) is 23.2 Å². The molecule has 0 amide bonds. The van der Waals surface area contributed by atoms with Crippen molar-refractivity contribution in [3.05, 3.63) is 51.8 Å². The van der Waals surface area contributed by atoms with Gasteiger partial charge in [-0.05, 0) is 19.4 Å². The van der Waals surface area contributed by atoms with Crippen LogP contribution >= 0.6 is 34.8 Å². The first-order valence-electron chi connectivity index (χ1n) is 6.80. The lowest BCUT2D eigenvalue weighted by atomic mass is 9.79. The van der Waals surface area contributed by atoms with Gasteiger partial charge in [0, 0.05) is 30.6 Å². The minimum absolute atomic E-state index is 0.347. The van der Waals surface area contributed by atoms with Gasteiger partial charge in [0.15, 0.2) is 0 Å². The number of aromatic nitrogens is 2. The Morgan fingerprint density at radius 2 is 1.67 bits per heavy atom. The molecule has 21 heavy (non-hydrogen) atoms. The number of rotatable bonds is 5. The van der Waals surface area contributed by atoms with E-state index in [1.165, 1.54) is 5.56 Å². The first kappa shape index (κ1) is 16.7. The second-order valence-electron chi connectivity index (χ2n) is 5.56. The third-order valence-corrected chi connectivity index (χ3v) is 5.46. The number of aryl methyl sites for hydroxylation is 3. The zero-order valence-corrected chi connectivity index (χ0v) is 14.7.